The van der Waals surface area contributed by atoms with Gasteiger partial charge in [-0.2, -0.15) is 5.10 Å². The first-order chi connectivity index (χ1) is 11.7. The molecule has 0 spiro atoms. The summed E-state index contributed by atoms with van der Waals surface area (Å²) in [5.74, 6) is 1.32. The van der Waals surface area contributed by atoms with Crippen LogP contribution >= 0.6 is 0 Å². The molecule has 0 bridgehead atoms. The summed E-state index contributed by atoms with van der Waals surface area (Å²) in [6.07, 6.45) is 6.43. The monoisotopic (exact) mass is 323 g/mol. The summed E-state index contributed by atoms with van der Waals surface area (Å²) in [6.45, 7) is 5.12. The zero-order chi connectivity index (χ0) is 16.7. The molecule has 2 unspecified atom stereocenters. The first-order valence-electron chi connectivity index (χ1n) is 9.13. The molecule has 24 heavy (non-hydrogen) atoms. The molecule has 2 heterocycles. The Labute approximate surface area is 143 Å². The van der Waals surface area contributed by atoms with E-state index in [1.807, 2.05) is 15.8 Å². The average molecular weight is 323 g/mol. The topological polar surface area (TPSA) is 38.1 Å². The minimum absolute atomic E-state index is 0.160. The van der Waals surface area contributed by atoms with Crippen molar-refractivity contribution in [3.63, 3.8) is 0 Å². The molecule has 2 atom stereocenters. The molecular weight excluding hydrogens is 298 g/mol. The summed E-state index contributed by atoms with van der Waals surface area (Å²) in [4.78, 5) is 14.8. The first kappa shape index (κ1) is 15.4. The van der Waals surface area contributed by atoms with E-state index in [0.29, 0.717) is 11.8 Å². The second-order valence-electron chi connectivity index (χ2n) is 7.19. The van der Waals surface area contributed by atoms with Crippen molar-refractivity contribution < 1.29 is 4.79 Å². The van der Waals surface area contributed by atoms with Crippen LogP contribution in [0.2, 0.25) is 0 Å². The molecular formula is C20H25N3O. The molecule has 126 valence electrons. The van der Waals surface area contributed by atoms with Crippen LogP contribution in [0.3, 0.4) is 0 Å². The number of hydrogen-bond acceptors (Lipinski definition) is 2. The van der Waals surface area contributed by atoms with Gasteiger partial charge in [0.05, 0.1) is 5.69 Å². The van der Waals surface area contributed by atoms with Crippen molar-refractivity contribution in [3.8, 4) is 0 Å². The Kier molecular flexibility index (Phi) is 3.91. The van der Waals surface area contributed by atoms with E-state index in [4.69, 9.17) is 0 Å². The van der Waals surface area contributed by atoms with Crippen molar-refractivity contribution in [2.45, 2.75) is 57.4 Å². The van der Waals surface area contributed by atoms with Gasteiger partial charge in [-0.15, -0.1) is 0 Å². The Morgan fingerprint density at radius 3 is 2.83 bits per heavy atom. The van der Waals surface area contributed by atoms with Gasteiger partial charge in [-0.1, -0.05) is 26.0 Å². The van der Waals surface area contributed by atoms with Gasteiger partial charge < -0.3 is 4.90 Å². The number of hydrogen-bond donors (Lipinski definition) is 0. The Bertz CT molecular complexity index is 747. The van der Waals surface area contributed by atoms with Crippen molar-refractivity contribution in [1.29, 1.82) is 0 Å². The maximum atomic E-state index is 12.9. The van der Waals surface area contributed by atoms with Gasteiger partial charge in [0.1, 0.15) is 6.04 Å². The highest BCUT2D eigenvalue weighted by Crippen LogP contribution is 2.41. The number of benzene rings is 1. The standard InChI is InChI=1S/C20H25N3O/c1-3-14(2)18-9-12-23(21-18)19-10-11-22(20(19)24)17-6-4-5-16(13-17)15-7-8-15/h4-6,9,12-15,19H,3,7-8,10-11H2,1-2H3. The summed E-state index contributed by atoms with van der Waals surface area (Å²) < 4.78 is 1.87. The predicted octanol–water partition coefficient (Wildman–Crippen LogP) is 4.25. The van der Waals surface area contributed by atoms with Crippen LogP contribution in [0.1, 0.15) is 68.7 Å². The summed E-state index contributed by atoms with van der Waals surface area (Å²) in [6, 6.07) is 10.4. The maximum Gasteiger partial charge on any atom is 0.251 e. The fourth-order valence-electron chi connectivity index (χ4n) is 3.53. The lowest BCUT2D eigenvalue weighted by Gasteiger charge is -2.18. The maximum absolute atomic E-state index is 12.9. The van der Waals surface area contributed by atoms with Gasteiger partial charge in [0, 0.05) is 18.4 Å². The third-order valence-corrected chi connectivity index (χ3v) is 5.47. The van der Waals surface area contributed by atoms with Crippen LogP contribution in [0.25, 0.3) is 0 Å². The van der Waals surface area contributed by atoms with Gasteiger partial charge in [-0.25, -0.2) is 0 Å². The van der Waals surface area contributed by atoms with Gasteiger partial charge in [0.15, 0.2) is 0 Å². The van der Waals surface area contributed by atoms with E-state index < -0.39 is 0 Å². The molecule has 2 aliphatic rings. The minimum atomic E-state index is -0.160. The van der Waals surface area contributed by atoms with Crippen LogP contribution in [0.15, 0.2) is 36.5 Å². The molecule has 1 saturated heterocycles. The average Bonchev–Trinajstić information content (AvgIpc) is 3.23. The fraction of sp³-hybridized carbons (Fsp3) is 0.500. The number of anilines is 1. The van der Waals surface area contributed by atoms with E-state index in [0.717, 1.165) is 30.8 Å². The van der Waals surface area contributed by atoms with Crippen molar-refractivity contribution in [2.75, 3.05) is 11.4 Å². The molecule has 2 fully saturated rings. The van der Waals surface area contributed by atoms with Crippen molar-refractivity contribution in [1.82, 2.24) is 9.78 Å². The molecule has 0 N–H and O–H groups in total. The zero-order valence-corrected chi connectivity index (χ0v) is 14.5. The molecule has 1 aliphatic heterocycles. The van der Waals surface area contributed by atoms with Crippen molar-refractivity contribution in [2.24, 2.45) is 0 Å². The van der Waals surface area contributed by atoms with Gasteiger partial charge in [-0.05, 0) is 61.3 Å². The zero-order valence-electron chi connectivity index (χ0n) is 14.5. The Balaban J connectivity index is 1.53. The van der Waals surface area contributed by atoms with Crippen LogP contribution in [0.5, 0.6) is 0 Å². The number of rotatable bonds is 5. The number of nitrogens with zero attached hydrogens (tertiary/aromatic N) is 3. The molecule has 1 aliphatic carbocycles. The lowest BCUT2D eigenvalue weighted by Crippen LogP contribution is -2.28. The summed E-state index contributed by atoms with van der Waals surface area (Å²) in [7, 11) is 0. The van der Waals surface area contributed by atoms with Crippen LogP contribution in [0.4, 0.5) is 5.69 Å². The Morgan fingerprint density at radius 1 is 1.25 bits per heavy atom. The van der Waals surface area contributed by atoms with E-state index in [1.165, 1.54) is 18.4 Å². The fourth-order valence-corrected chi connectivity index (χ4v) is 3.53. The lowest BCUT2D eigenvalue weighted by molar-refractivity contribution is -0.120. The number of carbonyl (C=O) groups is 1. The van der Waals surface area contributed by atoms with E-state index in [1.54, 1.807) is 0 Å². The normalized spacial score (nSPS) is 22.2. The molecule has 0 radical (unpaired) electrons. The van der Waals surface area contributed by atoms with Gasteiger partial charge in [0.25, 0.3) is 5.91 Å². The van der Waals surface area contributed by atoms with Crippen LogP contribution in [-0.2, 0) is 4.79 Å². The summed E-state index contributed by atoms with van der Waals surface area (Å²) in [5.41, 5.74) is 3.50. The molecule has 1 aromatic heterocycles. The Hall–Kier alpha value is -2.10. The van der Waals surface area contributed by atoms with Gasteiger partial charge >= 0.3 is 0 Å². The molecule has 1 saturated carbocycles. The van der Waals surface area contributed by atoms with Crippen molar-refractivity contribution >= 4 is 11.6 Å². The second kappa shape index (κ2) is 6.08. The summed E-state index contributed by atoms with van der Waals surface area (Å²) in [5, 5.41) is 4.67. The largest absolute Gasteiger partial charge is 0.310 e. The van der Waals surface area contributed by atoms with E-state index >= 15 is 0 Å². The van der Waals surface area contributed by atoms with Crippen molar-refractivity contribution in [3.05, 3.63) is 47.8 Å². The lowest BCUT2D eigenvalue weighted by atomic mass is 10.1. The third kappa shape index (κ3) is 2.74. The number of aromatic nitrogens is 2. The van der Waals surface area contributed by atoms with Crippen LogP contribution < -0.4 is 4.90 Å². The molecule has 1 aromatic carbocycles. The molecule has 2 aromatic rings. The highest BCUT2D eigenvalue weighted by molar-refractivity contribution is 5.98. The highest BCUT2D eigenvalue weighted by atomic mass is 16.2. The quantitative estimate of drug-likeness (QED) is 0.825. The number of amides is 1. The van der Waals surface area contributed by atoms with Crippen LogP contribution in [-0.4, -0.2) is 22.2 Å². The molecule has 4 rings (SSSR count). The smallest absolute Gasteiger partial charge is 0.251 e. The van der Waals surface area contributed by atoms with Crippen LogP contribution in [0, 0.1) is 0 Å². The SMILES string of the molecule is CCC(C)c1ccn(C2CCN(c3cccc(C4CC4)c3)C2=O)n1. The second-order valence-corrected chi connectivity index (χ2v) is 7.19. The first-order valence-corrected chi connectivity index (χ1v) is 9.13. The number of carbonyl (C=O) groups excluding carboxylic acids is 1. The molecule has 1 amide bonds. The minimum Gasteiger partial charge on any atom is -0.310 e. The van der Waals surface area contributed by atoms with E-state index in [9.17, 15) is 4.79 Å². The molecule has 4 heteroatoms. The predicted molar refractivity (Wildman–Crippen MR) is 95.4 cm³/mol. The van der Waals surface area contributed by atoms with E-state index in [2.05, 4.69) is 49.3 Å². The highest BCUT2D eigenvalue weighted by Gasteiger charge is 2.35. The van der Waals surface area contributed by atoms with E-state index in [-0.39, 0.29) is 11.9 Å². The van der Waals surface area contributed by atoms with Gasteiger partial charge in [0.2, 0.25) is 0 Å². The Morgan fingerprint density at radius 2 is 2.08 bits per heavy atom. The van der Waals surface area contributed by atoms with Gasteiger partial charge in [-0.3, -0.25) is 9.48 Å². The third-order valence-electron chi connectivity index (χ3n) is 5.47. The summed E-state index contributed by atoms with van der Waals surface area (Å²) >= 11 is 0. The molecule has 4 nitrogen and oxygen atoms in total.